The van der Waals surface area contributed by atoms with Crippen molar-refractivity contribution in [2.24, 2.45) is 34.5 Å². The molecular weight excluding hydrogens is 492 g/mol. The highest BCUT2D eigenvalue weighted by Crippen LogP contribution is 2.65. The van der Waals surface area contributed by atoms with E-state index in [-0.39, 0.29) is 40.6 Å². The first kappa shape index (κ1) is 25.7. The maximum absolute atomic E-state index is 14.0. The zero-order valence-corrected chi connectivity index (χ0v) is 23.6. The number of nitrogens with one attached hydrogen (secondary N) is 2. The van der Waals surface area contributed by atoms with Crippen molar-refractivity contribution in [1.29, 1.82) is 0 Å². The Morgan fingerprint density at radius 2 is 1.92 bits per heavy atom. The lowest BCUT2D eigenvalue weighted by Crippen LogP contribution is -2.59. The molecule has 1 aliphatic heterocycles. The van der Waals surface area contributed by atoms with E-state index >= 15 is 0 Å². The number of fused-ring (bicyclic) bond motifs is 5. The zero-order chi connectivity index (χ0) is 26.5. The number of ether oxygens (including phenoxy) is 1. The average molecular weight is 533 g/mol. The third-order valence-corrected chi connectivity index (χ3v) is 11.8. The molecule has 6 heteroatoms. The maximum Gasteiger partial charge on any atom is 0.243 e. The van der Waals surface area contributed by atoms with Gasteiger partial charge in [0.2, 0.25) is 11.8 Å². The summed E-state index contributed by atoms with van der Waals surface area (Å²) in [5, 5.41) is 8.85. The van der Waals surface area contributed by atoms with Gasteiger partial charge in [-0.3, -0.25) is 9.59 Å². The van der Waals surface area contributed by atoms with Crippen molar-refractivity contribution in [2.75, 3.05) is 7.11 Å². The Labute approximate surface area is 230 Å². The summed E-state index contributed by atoms with van der Waals surface area (Å²) < 4.78 is 5.33. The number of hydrogen-bond acceptors (Lipinski definition) is 4. The quantitative estimate of drug-likeness (QED) is 0.475. The molecular formula is C32H40N2O3S. The molecule has 3 saturated carbocycles. The Balaban J connectivity index is 1.19. The lowest BCUT2D eigenvalue weighted by atomic mass is 9.48. The Bertz CT molecular complexity index is 1210. The van der Waals surface area contributed by atoms with Crippen molar-refractivity contribution in [3.8, 4) is 5.75 Å². The van der Waals surface area contributed by atoms with Crippen molar-refractivity contribution in [1.82, 2.24) is 10.6 Å². The first-order chi connectivity index (χ1) is 18.3. The summed E-state index contributed by atoms with van der Waals surface area (Å²) >= 11 is 1.71. The predicted octanol–water partition coefficient (Wildman–Crippen LogP) is 6.07. The van der Waals surface area contributed by atoms with Gasteiger partial charge in [-0.1, -0.05) is 38.1 Å². The summed E-state index contributed by atoms with van der Waals surface area (Å²) in [5.41, 5.74) is 1.26. The van der Waals surface area contributed by atoms with Crippen molar-refractivity contribution in [3.05, 3.63) is 64.4 Å². The van der Waals surface area contributed by atoms with Gasteiger partial charge in [0.1, 0.15) is 5.75 Å². The molecule has 0 bridgehead atoms. The van der Waals surface area contributed by atoms with E-state index in [4.69, 9.17) is 4.74 Å². The summed E-state index contributed by atoms with van der Waals surface area (Å²) in [5.74, 6) is 2.96. The van der Waals surface area contributed by atoms with Crippen LogP contribution in [0.5, 0.6) is 5.75 Å². The van der Waals surface area contributed by atoms with Crippen LogP contribution in [0.2, 0.25) is 0 Å². The van der Waals surface area contributed by atoms with Gasteiger partial charge in [0.15, 0.2) is 0 Å². The van der Waals surface area contributed by atoms with E-state index < -0.39 is 0 Å². The number of carbonyl (C=O) groups is 2. The van der Waals surface area contributed by atoms with Crippen LogP contribution in [0.4, 0.5) is 0 Å². The van der Waals surface area contributed by atoms with E-state index in [0.717, 1.165) is 50.7 Å². The molecule has 202 valence electrons. The summed E-state index contributed by atoms with van der Waals surface area (Å²) in [4.78, 5) is 27.2. The number of methoxy groups -OCH3 is 1. The third-order valence-electron chi connectivity index (χ3n) is 10.8. The van der Waals surface area contributed by atoms with Crippen molar-refractivity contribution in [3.63, 3.8) is 0 Å². The second-order valence-electron chi connectivity index (χ2n) is 12.5. The molecule has 2 amide bonds. The van der Waals surface area contributed by atoms with E-state index in [1.165, 1.54) is 10.4 Å². The Morgan fingerprint density at radius 1 is 1.11 bits per heavy atom. The number of rotatable bonds is 6. The van der Waals surface area contributed by atoms with Gasteiger partial charge < -0.3 is 15.4 Å². The van der Waals surface area contributed by atoms with Crippen LogP contribution in [0, 0.1) is 34.5 Å². The largest absolute Gasteiger partial charge is 0.497 e. The maximum atomic E-state index is 14.0. The molecule has 4 aliphatic rings. The fraction of sp³-hybridized carbons (Fsp3) is 0.562. The molecule has 6 rings (SSSR count). The first-order valence-electron chi connectivity index (χ1n) is 14.3. The first-order valence-corrected chi connectivity index (χ1v) is 15.2. The SMILES string of the molecule is COc1ccc(CC(NC(=O)[C@H]2CC[C@H]3[C@@H]4CC[C@H]5NC(=O)C=C[C@]5(C)[C@H]4CC[C@]23C)c2cccs2)cc1. The van der Waals surface area contributed by atoms with Crippen LogP contribution in [-0.4, -0.2) is 25.0 Å². The molecule has 1 aromatic carbocycles. The third kappa shape index (κ3) is 4.29. The lowest BCUT2D eigenvalue weighted by Gasteiger charge is -2.58. The van der Waals surface area contributed by atoms with Gasteiger partial charge in [0.25, 0.3) is 0 Å². The van der Waals surface area contributed by atoms with Crippen LogP contribution in [-0.2, 0) is 16.0 Å². The molecule has 0 spiro atoms. The van der Waals surface area contributed by atoms with Crippen molar-refractivity contribution >= 4 is 23.2 Å². The highest BCUT2D eigenvalue weighted by Gasteiger charge is 2.60. The van der Waals surface area contributed by atoms with Crippen LogP contribution in [0.15, 0.2) is 53.9 Å². The minimum absolute atomic E-state index is 0.0276. The Kier molecular flexibility index (Phi) is 6.66. The molecule has 3 aliphatic carbocycles. The van der Waals surface area contributed by atoms with Crippen LogP contribution in [0.3, 0.4) is 0 Å². The number of thiophene rings is 1. The van der Waals surface area contributed by atoms with Gasteiger partial charge in [-0.15, -0.1) is 11.3 Å². The second kappa shape index (κ2) is 9.86. The molecule has 0 saturated heterocycles. The normalized spacial score (nSPS) is 36.4. The summed E-state index contributed by atoms with van der Waals surface area (Å²) in [6.07, 6.45) is 11.3. The molecule has 0 radical (unpaired) electrons. The van der Waals surface area contributed by atoms with Crippen molar-refractivity contribution < 1.29 is 14.3 Å². The van der Waals surface area contributed by atoms with Crippen molar-refractivity contribution in [2.45, 2.75) is 70.9 Å². The van der Waals surface area contributed by atoms with E-state index in [0.29, 0.717) is 17.8 Å². The Morgan fingerprint density at radius 3 is 2.66 bits per heavy atom. The van der Waals surface area contributed by atoms with E-state index in [1.807, 2.05) is 12.1 Å². The standard InChI is InChI=1S/C32H40N2O3S/c1-31-16-14-24-22(10-13-28-32(24,2)17-15-29(35)34-28)23(31)11-12-25(31)30(36)33-26(27-5-4-18-38-27)19-20-6-8-21(37-3)9-7-20/h4-9,15,17-18,22-26,28H,10-14,16,19H2,1-3H3,(H,33,36)(H,34,35)/t22-,23-,24-,25+,26?,28+,31-,32+/m0/s1. The molecule has 2 heterocycles. The van der Waals surface area contributed by atoms with Crippen LogP contribution < -0.4 is 15.4 Å². The smallest absolute Gasteiger partial charge is 0.243 e. The summed E-state index contributed by atoms with van der Waals surface area (Å²) in [6, 6.07) is 12.6. The highest BCUT2D eigenvalue weighted by atomic mass is 32.1. The van der Waals surface area contributed by atoms with Gasteiger partial charge in [0, 0.05) is 22.3 Å². The van der Waals surface area contributed by atoms with Gasteiger partial charge in [-0.05, 0) is 103 Å². The molecule has 1 unspecified atom stereocenters. The fourth-order valence-corrected chi connectivity index (χ4v) is 9.52. The fourth-order valence-electron chi connectivity index (χ4n) is 8.75. The van der Waals surface area contributed by atoms with Gasteiger partial charge in [-0.25, -0.2) is 0 Å². The number of benzene rings is 1. The van der Waals surface area contributed by atoms with E-state index in [1.54, 1.807) is 24.5 Å². The zero-order valence-electron chi connectivity index (χ0n) is 22.7. The van der Waals surface area contributed by atoms with Gasteiger partial charge in [-0.2, -0.15) is 0 Å². The lowest BCUT2D eigenvalue weighted by molar-refractivity contribution is -0.134. The minimum atomic E-state index is -0.0276. The number of hydrogen-bond donors (Lipinski definition) is 2. The van der Waals surface area contributed by atoms with Gasteiger partial charge >= 0.3 is 0 Å². The number of amides is 2. The predicted molar refractivity (Wildman–Crippen MR) is 151 cm³/mol. The average Bonchev–Trinajstić information content (AvgIpc) is 3.57. The second-order valence-corrected chi connectivity index (χ2v) is 13.5. The minimum Gasteiger partial charge on any atom is -0.497 e. The van der Waals surface area contributed by atoms with Crippen LogP contribution in [0.25, 0.3) is 0 Å². The highest BCUT2D eigenvalue weighted by molar-refractivity contribution is 7.10. The Hall–Kier alpha value is -2.60. The summed E-state index contributed by atoms with van der Waals surface area (Å²) in [7, 11) is 1.68. The molecule has 38 heavy (non-hydrogen) atoms. The molecule has 3 fully saturated rings. The topological polar surface area (TPSA) is 67.4 Å². The van der Waals surface area contributed by atoms with Crippen LogP contribution >= 0.6 is 11.3 Å². The molecule has 1 aromatic heterocycles. The molecule has 8 atom stereocenters. The van der Waals surface area contributed by atoms with E-state index in [2.05, 4.69) is 60.2 Å². The number of carbonyl (C=O) groups excluding carboxylic acids is 2. The van der Waals surface area contributed by atoms with E-state index in [9.17, 15) is 9.59 Å². The monoisotopic (exact) mass is 532 g/mol. The molecule has 5 nitrogen and oxygen atoms in total. The van der Waals surface area contributed by atoms with Crippen LogP contribution in [0.1, 0.15) is 68.9 Å². The molecule has 2 N–H and O–H groups in total. The summed E-state index contributed by atoms with van der Waals surface area (Å²) in [6.45, 7) is 4.76. The molecule has 2 aromatic rings. The van der Waals surface area contributed by atoms with Gasteiger partial charge in [0.05, 0.1) is 13.2 Å².